The highest BCUT2D eigenvalue weighted by Gasteiger charge is 2.15. The standard InChI is InChI=1S/C24H28N4O4.C2H6.H2/c1-4-27-20-8-7-18(15-19(20)23(31)28(5-2)24(27)32)26-22(30)14-16(3)6-9-21(29)17-10-12-25-13-11-17;1-2;/h7-8,10-13,15-16H,4-6,9,14H2,1-3H3,(H,26,30);1-2H3;1H. The molecule has 0 saturated carbocycles. The van der Waals surface area contributed by atoms with E-state index in [1.54, 1.807) is 54.2 Å². The molecule has 0 aliphatic carbocycles. The first-order valence-electron chi connectivity index (χ1n) is 11.9. The number of anilines is 1. The maximum Gasteiger partial charge on any atom is 0.331 e. The molecule has 0 bridgehead atoms. The Morgan fingerprint density at radius 1 is 1.03 bits per heavy atom. The highest BCUT2D eigenvalue weighted by atomic mass is 16.2. The van der Waals surface area contributed by atoms with E-state index >= 15 is 0 Å². The smallest absolute Gasteiger partial charge is 0.326 e. The maximum absolute atomic E-state index is 12.7. The number of ketones is 1. The molecule has 0 saturated heterocycles. The van der Waals surface area contributed by atoms with Gasteiger partial charge in [0.1, 0.15) is 0 Å². The van der Waals surface area contributed by atoms with Crippen molar-refractivity contribution < 1.29 is 11.0 Å². The van der Waals surface area contributed by atoms with Crippen LogP contribution in [0.15, 0.2) is 52.3 Å². The Morgan fingerprint density at radius 3 is 2.29 bits per heavy atom. The molecule has 2 aromatic heterocycles. The van der Waals surface area contributed by atoms with Crippen molar-refractivity contribution in [1.82, 2.24) is 14.1 Å². The summed E-state index contributed by atoms with van der Waals surface area (Å²) in [7, 11) is 0. The first-order valence-corrected chi connectivity index (χ1v) is 11.9. The van der Waals surface area contributed by atoms with Crippen molar-refractivity contribution >= 4 is 28.3 Å². The number of aromatic nitrogens is 3. The van der Waals surface area contributed by atoms with Crippen LogP contribution in [0.3, 0.4) is 0 Å². The number of nitrogens with zero attached hydrogens (tertiary/aromatic N) is 3. The molecule has 8 heteroatoms. The van der Waals surface area contributed by atoms with Gasteiger partial charge in [-0.25, -0.2) is 4.79 Å². The lowest BCUT2D eigenvalue weighted by molar-refractivity contribution is -0.117. The predicted octanol–water partition coefficient (Wildman–Crippen LogP) is 4.50. The quantitative estimate of drug-likeness (QED) is 0.466. The van der Waals surface area contributed by atoms with Crippen molar-refractivity contribution in [2.75, 3.05) is 5.32 Å². The largest absolute Gasteiger partial charge is 0.331 e. The Bertz CT molecular complexity index is 1250. The number of carbonyl (C=O) groups excluding carboxylic acids is 2. The lowest BCUT2D eigenvalue weighted by Crippen LogP contribution is -2.39. The fourth-order valence-electron chi connectivity index (χ4n) is 3.78. The molecule has 1 N–H and O–H groups in total. The van der Waals surface area contributed by atoms with Crippen molar-refractivity contribution in [2.24, 2.45) is 5.92 Å². The van der Waals surface area contributed by atoms with Gasteiger partial charge in [-0.05, 0) is 56.5 Å². The molecule has 3 rings (SSSR count). The number of hydrogen-bond acceptors (Lipinski definition) is 5. The topological polar surface area (TPSA) is 103 Å². The third-order valence-corrected chi connectivity index (χ3v) is 5.54. The molecular weight excluding hydrogens is 432 g/mol. The Kier molecular flexibility index (Phi) is 9.92. The number of benzene rings is 1. The zero-order valence-corrected chi connectivity index (χ0v) is 20.6. The minimum Gasteiger partial charge on any atom is -0.326 e. The van der Waals surface area contributed by atoms with Crippen LogP contribution in [0, 0.1) is 5.92 Å². The van der Waals surface area contributed by atoms with Gasteiger partial charge in [-0.3, -0.25) is 28.5 Å². The summed E-state index contributed by atoms with van der Waals surface area (Å²) in [4.78, 5) is 53.9. The molecule has 1 atom stereocenters. The summed E-state index contributed by atoms with van der Waals surface area (Å²) in [6.07, 6.45) is 4.39. The van der Waals surface area contributed by atoms with Crippen LogP contribution >= 0.6 is 0 Å². The van der Waals surface area contributed by atoms with E-state index in [2.05, 4.69) is 10.3 Å². The van der Waals surface area contributed by atoms with E-state index < -0.39 is 0 Å². The Morgan fingerprint density at radius 2 is 1.68 bits per heavy atom. The van der Waals surface area contributed by atoms with Gasteiger partial charge in [0.05, 0.1) is 10.9 Å². The summed E-state index contributed by atoms with van der Waals surface area (Å²) >= 11 is 0. The van der Waals surface area contributed by atoms with Crippen LogP contribution in [0.25, 0.3) is 10.9 Å². The van der Waals surface area contributed by atoms with Gasteiger partial charge in [-0.15, -0.1) is 0 Å². The minimum absolute atomic E-state index is 0. The first-order chi connectivity index (χ1) is 16.3. The van der Waals surface area contributed by atoms with Crippen LogP contribution in [-0.4, -0.2) is 25.8 Å². The second kappa shape index (κ2) is 12.6. The molecule has 184 valence electrons. The zero-order valence-electron chi connectivity index (χ0n) is 20.6. The van der Waals surface area contributed by atoms with Gasteiger partial charge < -0.3 is 5.32 Å². The molecule has 1 aromatic carbocycles. The van der Waals surface area contributed by atoms with Crippen LogP contribution in [0.1, 0.15) is 65.7 Å². The van der Waals surface area contributed by atoms with E-state index in [1.807, 2.05) is 27.7 Å². The van der Waals surface area contributed by atoms with Crippen molar-refractivity contribution in [3.63, 3.8) is 0 Å². The van der Waals surface area contributed by atoms with E-state index in [4.69, 9.17) is 0 Å². The van der Waals surface area contributed by atoms with Gasteiger partial charge in [-0.1, -0.05) is 20.8 Å². The highest BCUT2D eigenvalue weighted by molar-refractivity contribution is 5.96. The van der Waals surface area contributed by atoms with Gasteiger partial charge in [0.2, 0.25) is 5.91 Å². The number of nitrogens with one attached hydrogen (secondary N) is 1. The molecule has 3 aromatic rings. The second-order valence-corrected chi connectivity index (χ2v) is 7.86. The van der Waals surface area contributed by atoms with Crippen molar-refractivity contribution in [3.8, 4) is 0 Å². The molecule has 0 radical (unpaired) electrons. The lowest BCUT2D eigenvalue weighted by Gasteiger charge is -2.14. The van der Waals surface area contributed by atoms with Crippen LogP contribution < -0.4 is 16.6 Å². The van der Waals surface area contributed by atoms with E-state index in [-0.39, 0.29) is 43.2 Å². The van der Waals surface area contributed by atoms with Gasteiger partial charge >= 0.3 is 5.69 Å². The SMILES string of the molecule is CC.CCn1c(=O)c2cc(NC(=O)CC(C)CCC(=O)c3ccncc3)ccc2n(CC)c1=O.[HH]. The lowest BCUT2D eigenvalue weighted by atomic mass is 9.97. The number of Topliss-reactive ketones (excluding diaryl/α,β-unsaturated/α-hetero) is 1. The second-order valence-electron chi connectivity index (χ2n) is 7.86. The Labute approximate surface area is 201 Å². The van der Waals surface area contributed by atoms with Gasteiger partial charge in [0, 0.05) is 51.0 Å². The fraction of sp³-hybridized carbons (Fsp3) is 0.423. The number of carbonyl (C=O) groups is 2. The van der Waals surface area contributed by atoms with E-state index in [0.717, 1.165) is 0 Å². The number of hydrogen-bond donors (Lipinski definition) is 1. The Balaban J connectivity index is 0.00000199. The summed E-state index contributed by atoms with van der Waals surface area (Å²) in [5.74, 6) is -0.139. The number of rotatable bonds is 9. The molecule has 0 fully saturated rings. The first kappa shape index (κ1) is 26.7. The van der Waals surface area contributed by atoms with Crippen LogP contribution in [0.2, 0.25) is 0 Å². The van der Waals surface area contributed by atoms with E-state index in [0.29, 0.717) is 41.5 Å². The summed E-state index contributed by atoms with van der Waals surface area (Å²) in [5.41, 5.74) is 0.976. The van der Waals surface area contributed by atoms with E-state index in [1.165, 1.54) is 4.57 Å². The summed E-state index contributed by atoms with van der Waals surface area (Å²) < 4.78 is 2.74. The predicted molar refractivity (Wildman–Crippen MR) is 137 cm³/mol. The monoisotopic (exact) mass is 468 g/mol. The Hall–Kier alpha value is -3.55. The van der Waals surface area contributed by atoms with Crippen LogP contribution in [0.5, 0.6) is 0 Å². The highest BCUT2D eigenvalue weighted by Crippen LogP contribution is 2.18. The zero-order chi connectivity index (χ0) is 25.3. The third-order valence-electron chi connectivity index (χ3n) is 5.54. The molecule has 1 amide bonds. The van der Waals surface area contributed by atoms with Gasteiger partial charge in [0.25, 0.3) is 5.56 Å². The summed E-state index contributed by atoms with van der Waals surface area (Å²) in [6, 6.07) is 8.37. The maximum atomic E-state index is 12.7. The summed E-state index contributed by atoms with van der Waals surface area (Å²) in [5, 5.41) is 3.22. The molecule has 1 unspecified atom stereocenters. The molecule has 8 nitrogen and oxygen atoms in total. The van der Waals surface area contributed by atoms with Crippen molar-refractivity contribution in [2.45, 2.75) is 67.0 Å². The van der Waals surface area contributed by atoms with Crippen molar-refractivity contribution in [3.05, 3.63) is 69.1 Å². The van der Waals surface area contributed by atoms with Gasteiger partial charge in [0.15, 0.2) is 5.78 Å². The van der Waals surface area contributed by atoms with Gasteiger partial charge in [-0.2, -0.15) is 0 Å². The summed E-state index contributed by atoms with van der Waals surface area (Å²) in [6.45, 7) is 10.2. The molecular formula is C26H36N4O4. The van der Waals surface area contributed by atoms with Crippen molar-refractivity contribution in [1.29, 1.82) is 0 Å². The number of fused-ring (bicyclic) bond motifs is 1. The molecule has 2 heterocycles. The average molecular weight is 469 g/mol. The van der Waals surface area contributed by atoms with Crippen LogP contribution in [0.4, 0.5) is 5.69 Å². The normalized spacial score (nSPS) is 11.4. The number of amides is 1. The fourth-order valence-corrected chi connectivity index (χ4v) is 3.78. The minimum atomic E-state index is -0.365. The number of pyridine rings is 1. The van der Waals surface area contributed by atoms with E-state index in [9.17, 15) is 19.2 Å². The molecule has 0 aliphatic heterocycles. The number of aryl methyl sites for hydroxylation is 1. The molecule has 34 heavy (non-hydrogen) atoms. The third kappa shape index (κ3) is 6.27. The van der Waals surface area contributed by atoms with Crippen LogP contribution in [-0.2, 0) is 17.9 Å². The molecule has 0 spiro atoms. The molecule has 0 aliphatic rings. The average Bonchev–Trinajstić information content (AvgIpc) is 2.85.